The summed E-state index contributed by atoms with van der Waals surface area (Å²) in [5.74, 6) is 0.256. The van der Waals surface area contributed by atoms with Gasteiger partial charge in [0.1, 0.15) is 5.75 Å². The fraction of sp³-hybridized carbons (Fsp3) is 0.414. The van der Waals surface area contributed by atoms with E-state index in [-0.39, 0.29) is 11.7 Å². The summed E-state index contributed by atoms with van der Waals surface area (Å²) < 4.78 is 6.86. The topological polar surface area (TPSA) is 100 Å². The maximum absolute atomic E-state index is 13.4. The number of nitrogens with zero attached hydrogens (tertiary/aromatic N) is 2. The Morgan fingerprint density at radius 3 is 2.75 bits per heavy atom. The van der Waals surface area contributed by atoms with Crippen LogP contribution >= 0.6 is 15.9 Å². The zero-order valence-corrected chi connectivity index (χ0v) is 22.7. The first-order valence-electron chi connectivity index (χ1n) is 12.6. The lowest BCUT2D eigenvalue weighted by molar-refractivity contribution is -0.117. The lowest BCUT2D eigenvalue weighted by atomic mass is 9.70. The molecule has 3 atom stereocenters. The molecule has 4 rings (SSSR count). The molecule has 6 nitrogen and oxygen atoms in total. The number of Topliss-reactive ketones (excluding diaryl/α,β-unsaturated/α-hetero) is 1. The van der Waals surface area contributed by atoms with Crippen molar-refractivity contribution < 1.29 is 9.53 Å². The standard InChI is InChI=1S/C29H33BrN4O2/c1-4-7-18-11-24-28(25(35)12-18)27(22(15-31)17(3)34-24)20-13-23(30)29(26(14-20)36-5-2)33-16-19-8-6-9-21(32)10-19/h6,8-10,13-14,18,22,27,33H,4-5,7,11-12,16,32H2,1-3H3. The van der Waals surface area contributed by atoms with Crippen molar-refractivity contribution in [1.29, 1.82) is 5.26 Å². The van der Waals surface area contributed by atoms with Gasteiger partial charge in [0, 0.05) is 46.0 Å². The Morgan fingerprint density at radius 2 is 2.06 bits per heavy atom. The van der Waals surface area contributed by atoms with Crippen molar-refractivity contribution in [1.82, 2.24) is 0 Å². The van der Waals surface area contributed by atoms with Crippen molar-refractivity contribution in [2.45, 2.75) is 58.9 Å². The molecule has 1 aliphatic carbocycles. The number of hydrogen-bond acceptors (Lipinski definition) is 6. The lowest BCUT2D eigenvalue weighted by Crippen LogP contribution is -2.32. The Kier molecular flexibility index (Phi) is 8.15. The van der Waals surface area contributed by atoms with E-state index in [1.807, 2.05) is 50.2 Å². The highest BCUT2D eigenvalue weighted by Crippen LogP contribution is 2.47. The Bertz CT molecular complexity index is 1260. The minimum absolute atomic E-state index is 0.120. The van der Waals surface area contributed by atoms with Gasteiger partial charge in [0.25, 0.3) is 0 Å². The van der Waals surface area contributed by atoms with E-state index in [0.717, 1.165) is 52.0 Å². The summed E-state index contributed by atoms with van der Waals surface area (Å²) in [6.07, 6.45) is 3.37. The van der Waals surface area contributed by atoms with Crippen LogP contribution in [0.25, 0.3) is 0 Å². The third-order valence-electron chi connectivity index (χ3n) is 6.96. The normalized spacial score (nSPS) is 21.5. The highest BCUT2D eigenvalue weighted by molar-refractivity contribution is 9.10. The van der Waals surface area contributed by atoms with Gasteiger partial charge < -0.3 is 15.8 Å². The fourth-order valence-corrected chi connectivity index (χ4v) is 5.99. The third-order valence-corrected chi connectivity index (χ3v) is 7.59. The van der Waals surface area contributed by atoms with E-state index in [1.54, 1.807) is 0 Å². The van der Waals surface area contributed by atoms with Gasteiger partial charge in [0.2, 0.25) is 0 Å². The molecule has 0 radical (unpaired) electrons. The number of carbonyl (C=O) groups excluding carboxylic acids is 1. The van der Waals surface area contributed by atoms with Gasteiger partial charge in [-0.3, -0.25) is 9.79 Å². The highest BCUT2D eigenvalue weighted by Gasteiger charge is 2.41. The van der Waals surface area contributed by atoms with Crippen LogP contribution < -0.4 is 15.8 Å². The maximum atomic E-state index is 13.4. The number of nitrogens with one attached hydrogen (secondary N) is 1. The van der Waals surface area contributed by atoms with Crippen molar-refractivity contribution in [2.24, 2.45) is 16.8 Å². The van der Waals surface area contributed by atoms with Gasteiger partial charge in [-0.05, 0) is 83.9 Å². The highest BCUT2D eigenvalue weighted by atomic mass is 79.9. The number of hydrogen-bond donors (Lipinski definition) is 2. The number of rotatable bonds is 8. The van der Waals surface area contributed by atoms with Crippen LogP contribution in [0.15, 0.2) is 57.1 Å². The molecule has 0 spiro atoms. The molecule has 188 valence electrons. The number of nitrogen functional groups attached to an aromatic ring is 1. The van der Waals surface area contributed by atoms with E-state index in [0.29, 0.717) is 42.5 Å². The van der Waals surface area contributed by atoms with Gasteiger partial charge in [-0.15, -0.1) is 0 Å². The van der Waals surface area contributed by atoms with E-state index in [1.165, 1.54) is 0 Å². The fourth-order valence-electron chi connectivity index (χ4n) is 5.39. The number of anilines is 2. The minimum Gasteiger partial charge on any atom is -0.492 e. The summed E-state index contributed by atoms with van der Waals surface area (Å²) in [5.41, 5.74) is 11.7. The van der Waals surface area contributed by atoms with Crippen molar-refractivity contribution in [3.8, 4) is 11.8 Å². The first kappa shape index (κ1) is 26.0. The van der Waals surface area contributed by atoms with Crippen LogP contribution in [0.3, 0.4) is 0 Å². The number of nitrogens with two attached hydrogens (primary N) is 1. The van der Waals surface area contributed by atoms with Gasteiger partial charge in [-0.25, -0.2) is 0 Å². The van der Waals surface area contributed by atoms with Crippen LogP contribution in [0.5, 0.6) is 5.75 Å². The molecule has 0 amide bonds. The Hall–Kier alpha value is -3.11. The van der Waals surface area contributed by atoms with E-state index < -0.39 is 5.92 Å². The number of carbonyl (C=O) groups is 1. The lowest BCUT2D eigenvalue weighted by Gasteiger charge is -2.35. The Morgan fingerprint density at radius 1 is 1.25 bits per heavy atom. The molecule has 0 aromatic heterocycles. The summed E-state index contributed by atoms with van der Waals surface area (Å²) in [6.45, 7) is 7.05. The minimum atomic E-state index is -0.497. The maximum Gasteiger partial charge on any atom is 0.161 e. The zero-order valence-electron chi connectivity index (χ0n) is 21.1. The number of aliphatic imine (C=N–C) groups is 1. The number of allylic oxidation sites excluding steroid dienone is 2. The Labute approximate surface area is 221 Å². The first-order valence-corrected chi connectivity index (χ1v) is 13.4. The van der Waals surface area contributed by atoms with Crippen molar-refractivity contribution >= 4 is 38.8 Å². The van der Waals surface area contributed by atoms with E-state index in [2.05, 4.69) is 34.2 Å². The number of halogens is 1. The Balaban J connectivity index is 1.74. The second kappa shape index (κ2) is 11.3. The average molecular weight is 550 g/mol. The van der Waals surface area contributed by atoms with Crippen molar-refractivity contribution in [2.75, 3.05) is 17.7 Å². The molecule has 0 saturated heterocycles. The van der Waals surface area contributed by atoms with Crippen LogP contribution in [0.1, 0.15) is 63.5 Å². The molecule has 0 fully saturated rings. The number of nitriles is 1. The predicted octanol–water partition coefficient (Wildman–Crippen LogP) is 6.77. The van der Waals surface area contributed by atoms with Crippen LogP contribution in [-0.2, 0) is 11.3 Å². The molecule has 3 unspecified atom stereocenters. The first-order chi connectivity index (χ1) is 17.4. The number of benzene rings is 2. The molecule has 7 heteroatoms. The van der Waals surface area contributed by atoms with Crippen LogP contribution in [-0.4, -0.2) is 18.1 Å². The number of ketones is 1. The zero-order chi connectivity index (χ0) is 25.8. The largest absolute Gasteiger partial charge is 0.492 e. The monoisotopic (exact) mass is 548 g/mol. The second-order valence-electron chi connectivity index (χ2n) is 9.59. The summed E-state index contributed by atoms with van der Waals surface area (Å²) in [5, 5.41) is 13.6. The van der Waals surface area contributed by atoms with E-state index in [9.17, 15) is 10.1 Å². The summed E-state index contributed by atoms with van der Waals surface area (Å²) in [4.78, 5) is 18.2. The molecular weight excluding hydrogens is 516 g/mol. The quantitative estimate of drug-likeness (QED) is 0.354. The molecule has 2 aromatic rings. The van der Waals surface area contributed by atoms with Crippen molar-refractivity contribution in [3.63, 3.8) is 0 Å². The molecule has 2 aliphatic rings. The molecular formula is C29H33BrN4O2. The molecule has 1 aliphatic heterocycles. The SMILES string of the molecule is CCCC1CC(=O)C2=C(C1)N=C(C)C(C#N)C2c1cc(Br)c(NCc2cccc(N)c2)c(OCC)c1. The van der Waals surface area contributed by atoms with Gasteiger partial charge in [0.05, 0.1) is 24.3 Å². The predicted molar refractivity (Wildman–Crippen MR) is 148 cm³/mol. The third kappa shape index (κ3) is 5.34. The molecule has 2 aromatic carbocycles. The van der Waals surface area contributed by atoms with Crippen LogP contribution in [0, 0.1) is 23.2 Å². The molecule has 36 heavy (non-hydrogen) atoms. The summed E-state index contributed by atoms with van der Waals surface area (Å²) in [6, 6.07) is 14.2. The molecule has 1 heterocycles. The average Bonchev–Trinajstić information content (AvgIpc) is 2.83. The molecule has 0 bridgehead atoms. The second-order valence-corrected chi connectivity index (χ2v) is 10.4. The van der Waals surface area contributed by atoms with Gasteiger partial charge in [-0.2, -0.15) is 5.26 Å². The number of ether oxygens (including phenoxy) is 1. The van der Waals surface area contributed by atoms with Gasteiger partial charge >= 0.3 is 0 Å². The van der Waals surface area contributed by atoms with Gasteiger partial charge in [0.15, 0.2) is 5.78 Å². The van der Waals surface area contributed by atoms with Crippen molar-refractivity contribution in [3.05, 3.63) is 63.3 Å². The van der Waals surface area contributed by atoms with Gasteiger partial charge in [-0.1, -0.05) is 25.5 Å². The summed E-state index contributed by atoms with van der Waals surface area (Å²) in [7, 11) is 0. The summed E-state index contributed by atoms with van der Waals surface area (Å²) >= 11 is 3.73. The van der Waals surface area contributed by atoms with E-state index >= 15 is 0 Å². The van der Waals surface area contributed by atoms with E-state index in [4.69, 9.17) is 15.5 Å². The molecule has 3 N–H and O–H groups in total. The van der Waals surface area contributed by atoms with Crippen LogP contribution in [0.4, 0.5) is 11.4 Å². The molecule has 0 saturated carbocycles. The van der Waals surface area contributed by atoms with Crippen LogP contribution in [0.2, 0.25) is 0 Å². The smallest absolute Gasteiger partial charge is 0.161 e.